The van der Waals surface area contributed by atoms with Crippen molar-refractivity contribution in [1.29, 1.82) is 0 Å². The van der Waals surface area contributed by atoms with Crippen molar-refractivity contribution in [3.63, 3.8) is 0 Å². The SMILES string of the molecule is Cc1cc(C(=O)N[C@H]2CCCNC2)nc(-n2ccnc2)c1.Cl.Cl. The number of carbonyl (C=O) groups is 1. The molecule has 0 aromatic carbocycles. The molecule has 126 valence electrons. The molecule has 3 heterocycles. The van der Waals surface area contributed by atoms with E-state index >= 15 is 0 Å². The highest BCUT2D eigenvalue weighted by molar-refractivity contribution is 5.92. The van der Waals surface area contributed by atoms with Crippen LogP contribution in [-0.4, -0.2) is 39.6 Å². The third kappa shape index (κ3) is 4.92. The Labute approximate surface area is 147 Å². The van der Waals surface area contributed by atoms with E-state index < -0.39 is 0 Å². The van der Waals surface area contributed by atoms with E-state index in [1.165, 1.54) is 0 Å². The summed E-state index contributed by atoms with van der Waals surface area (Å²) in [5.41, 5.74) is 1.45. The van der Waals surface area contributed by atoms with Crippen molar-refractivity contribution in [1.82, 2.24) is 25.2 Å². The lowest BCUT2D eigenvalue weighted by atomic mass is 10.1. The summed E-state index contributed by atoms with van der Waals surface area (Å²) < 4.78 is 1.80. The molecule has 0 aliphatic carbocycles. The van der Waals surface area contributed by atoms with Gasteiger partial charge in [-0.1, -0.05) is 0 Å². The molecule has 8 heteroatoms. The zero-order valence-electron chi connectivity index (χ0n) is 12.9. The Morgan fingerprint density at radius 3 is 2.87 bits per heavy atom. The predicted molar refractivity (Wildman–Crippen MR) is 93.9 cm³/mol. The summed E-state index contributed by atoms with van der Waals surface area (Å²) in [5.74, 6) is 0.591. The molecule has 2 aromatic rings. The van der Waals surface area contributed by atoms with Gasteiger partial charge in [0.2, 0.25) is 0 Å². The molecule has 6 nitrogen and oxygen atoms in total. The van der Waals surface area contributed by atoms with Crippen molar-refractivity contribution >= 4 is 30.7 Å². The molecule has 0 bridgehead atoms. The van der Waals surface area contributed by atoms with Gasteiger partial charge >= 0.3 is 0 Å². The van der Waals surface area contributed by atoms with Crippen LogP contribution in [0, 0.1) is 6.92 Å². The molecular formula is C15H21Cl2N5O. The summed E-state index contributed by atoms with van der Waals surface area (Å²) in [4.78, 5) is 20.8. The molecule has 1 aliphatic rings. The molecule has 0 saturated carbocycles. The lowest BCUT2D eigenvalue weighted by Crippen LogP contribution is -2.45. The Balaban J connectivity index is 0.00000132. The minimum Gasteiger partial charge on any atom is -0.347 e. The molecule has 3 rings (SSSR count). The Hall–Kier alpha value is -1.63. The van der Waals surface area contributed by atoms with Crippen LogP contribution in [0.15, 0.2) is 30.9 Å². The number of carbonyl (C=O) groups excluding carboxylic acids is 1. The van der Waals surface area contributed by atoms with Crippen molar-refractivity contribution < 1.29 is 4.79 Å². The summed E-state index contributed by atoms with van der Waals surface area (Å²) in [7, 11) is 0. The van der Waals surface area contributed by atoms with E-state index in [1.54, 1.807) is 17.1 Å². The number of aromatic nitrogens is 3. The van der Waals surface area contributed by atoms with Gasteiger partial charge in [0.05, 0.1) is 0 Å². The summed E-state index contributed by atoms with van der Waals surface area (Å²) in [6.07, 6.45) is 7.28. The largest absolute Gasteiger partial charge is 0.347 e. The second-order valence-corrected chi connectivity index (χ2v) is 5.37. The second kappa shape index (κ2) is 8.86. The van der Waals surface area contributed by atoms with Gasteiger partial charge in [-0.25, -0.2) is 9.97 Å². The van der Waals surface area contributed by atoms with Crippen molar-refractivity contribution in [3.05, 3.63) is 42.1 Å². The van der Waals surface area contributed by atoms with Crippen molar-refractivity contribution in [3.8, 4) is 5.82 Å². The van der Waals surface area contributed by atoms with Crippen LogP contribution >= 0.6 is 24.8 Å². The zero-order valence-corrected chi connectivity index (χ0v) is 14.5. The smallest absolute Gasteiger partial charge is 0.270 e. The fourth-order valence-electron chi connectivity index (χ4n) is 2.53. The van der Waals surface area contributed by atoms with Crippen LogP contribution in [0.1, 0.15) is 28.9 Å². The van der Waals surface area contributed by atoms with E-state index in [4.69, 9.17) is 0 Å². The molecule has 0 unspecified atom stereocenters. The van der Waals surface area contributed by atoms with Crippen molar-refractivity contribution in [2.45, 2.75) is 25.8 Å². The highest BCUT2D eigenvalue weighted by Crippen LogP contribution is 2.10. The molecule has 0 spiro atoms. The Morgan fingerprint density at radius 1 is 1.39 bits per heavy atom. The lowest BCUT2D eigenvalue weighted by Gasteiger charge is -2.23. The predicted octanol–water partition coefficient (Wildman–Crippen LogP) is 1.90. The van der Waals surface area contributed by atoms with Gasteiger partial charge in [0.15, 0.2) is 0 Å². The number of rotatable bonds is 3. The maximum atomic E-state index is 12.4. The number of piperidine rings is 1. The summed E-state index contributed by atoms with van der Waals surface area (Å²) in [6.45, 7) is 3.81. The second-order valence-electron chi connectivity index (χ2n) is 5.37. The number of imidazole rings is 1. The van der Waals surface area contributed by atoms with Crippen LogP contribution < -0.4 is 10.6 Å². The molecule has 23 heavy (non-hydrogen) atoms. The normalized spacial score (nSPS) is 16.8. The fraction of sp³-hybridized carbons (Fsp3) is 0.400. The highest BCUT2D eigenvalue weighted by atomic mass is 35.5. The van der Waals surface area contributed by atoms with Crippen molar-refractivity contribution in [2.75, 3.05) is 13.1 Å². The number of hydrogen-bond acceptors (Lipinski definition) is 4. The first-order chi connectivity index (χ1) is 10.2. The topological polar surface area (TPSA) is 71.8 Å². The van der Waals surface area contributed by atoms with Gasteiger partial charge in [-0.3, -0.25) is 9.36 Å². The molecule has 0 radical (unpaired) electrons. The molecule has 2 aromatic heterocycles. The van der Waals surface area contributed by atoms with E-state index in [0.29, 0.717) is 11.5 Å². The first-order valence-corrected chi connectivity index (χ1v) is 7.21. The minimum atomic E-state index is -0.117. The molecule has 1 atom stereocenters. The van der Waals surface area contributed by atoms with E-state index in [2.05, 4.69) is 20.6 Å². The van der Waals surface area contributed by atoms with Gasteiger partial charge in [0, 0.05) is 25.0 Å². The van der Waals surface area contributed by atoms with E-state index in [9.17, 15) is 4.79 Å². The van der Waals surface area contributed by atoms with Gasteiger partial charge in [-0.2, -0.15) is 0 Å². The van der Waals surface area contributed by atoms with E-state index in [1.807, 2.05) is 25.3 Å². The molecule has 1 amide bonds. The summed E-state index contributed by atoms with van der Waals surface area (Å²) in [6, 6.07) is 3.93. The molecule has 1 fully saturated rings. The standard InChI is InChI=1S/C15H19N5O.2ClH/c1-11-7-13(15(21)18-12-3-2-4-16-9-12)19-14(8-11)20-6-5-17-10-20;;/h5-8,10,12,16H,2-4,9H2,1H3,(H,18,21);2*1H/t12-;;/m0../s1. The van der Waals surface area contributed by atoms with Crippen LogP contribution in [0.4, 0.5) is 0 Å². The number of aryl methyl sites for hydroxylation is 1. The van der Waals surface area contributed by atoms with Gasteiger partial charge in [-0.05, 0) is 44.0 Å². The van der Waals surface area contributed by atoms with Crippen LogP contribution in [0.25, 0.3) is 5.82 Å². The molecule has 1 aliphatic heterocycles. The molecule has 1 saturated heterocycles. The van der Waals surface area contributed by atoms with Crippen LogP contribution in [0.5, 0.6) is 0 Å². The maximum Gasteiger partial charge on any atom is 0.270 e. The Morgan fingerprint density at radius 2 is 2.22 bits per heavy atom. The van der Waals surface area contributed by atoms with Crippen LogP contribution in [0.3, 0.4) is 0 Å². The number of halogens is 2. The number of nitrogens with one attached hydrogen (secondary N) is 2. The third-order valence-corrected chi connectivity index (χ3v) is 3.59. The molecular weight excluding hydrogens is 337 g/mol. The van der Waals surface area contributed by atoms with E-state index in [-0.39, 0.29) is 36.8 Å². The number of amides is 1. The monoisotopic (exact) mass is 357 g/mol. The summed E-state index contributed by atoms with van der Waals surface area (Å²) in [5, 5.41) is 6.34. The Bertz CT molecular complexity index is 627. The first-order valence-electron chi connectivity index (χ1n) is 7.21. The maximum absolute atomic E-state index is 12.4. The van der Waals surface area contributed by atoms with E-state index in [0.717, 1.165) is 31.5 Å². The number of nitrogens with zero attached hydrogens (tertiary/aromatic N) is 3. The highest BCUT2D eigenvalue weighted by Gasteiger charge is 2.17. The van der Waals surface area contributed by atoms with Gasteiger partial charge in [-0.15, -0.1) is 24.8 Å². The average molecular weight is 358 g/mol. The fourth-order valence-corrected chi connectivity index (χ4v) is 2.53. The zero-order chi connectivity index (χ0) is 14.7. The molecule has 2 N–H and O–H groups in total. The minimum absolute atomic E-state index is 0. The average Bonchev–Trinajstić information content (AvgIpc) is 3.02. The van der Waals surface area contributed by atoms with Gasteiger partial charge in [0.1, 0.15) is 17.8 Å². The first kappa shape index (κ1) is 19.4. The van der Waals surface area contributed by atoms with Gasteiger partial charge < -0.3 is 10.6 Å². The summed E-state index contributed by atoms with van der Waals surface area (Å²) >= 11 is 0. The quantitative estimate of drug-likeness (QED) is 0.879. The van der Waals surface area contributed by atoms with Crippen molar-refractivity contribution in [2.24, 2.45) is 0 Å². The number of hydrogen-bond donors (Lipinski definition) is 2. The number of pyridine rings is 1. The van der Waals surface area contributed by atoms with Gasteiger partial charge in [0.25, 0.3) is 5.91 Å². The Kier molecular flexibility index (Phi) is 7.48. The van der Waals surface area contributed by atoms with Crippen LogP contribution in [-0.2, 0) is 0 Å². The third-order valence-electron chi connectivity index (χ3n) is 3.59. The van der Waals surface area contributed by atoms with Crippen LogP contribution in [0.2, 0.25) is 0 Å². The lowest BCUT2D eigenvalue weighted by molar-refractivity contribution is 0.0925.